The first-order valence-electron chi connectivity index (χ1n) is 5.08. The Morgan fingerprint density at radius 1 is 1.29 bits per heavy atom. The zero-order chi connectivity index (χ0) is 12.1. The molecule has 0 amide bonds. The van der Waals surface area contributed by atoms with Gasteiger partial charge in [0.05, 0.1) is 25.2 Å². The Labute approximate surface area is 98.9 Å². The Balaban J connectivity index is 1.99. The second kappa shape index (κ2) is 5.11. The van der Waals surface area contributed by atoms with Crippen molar-refractivity contribution in [3.63, 3.8) is 0 Å². The molecular formula is C11H13N5O. The van der Waals surface area contributed by atoms with Gasteiger partial charge in [-0.1, -0.05) is 0 Å². The van der Waals surface area contributed by atoms with Crippen molar-refractivity contribution in [2.75, 3.05) is 18.2 Å². The van der Waals surface area contributed by atoms with Gasteiger partial charge in [-0.3, -0.25) is 0 Å². The summed E-state index contributed by atoms with van der Waals surface area (Å²) in [5.74, 6) is 1.12. The summed E-state index contributed by atoms with van der Waals surface area (Å²) in [4.78, 5) is 12.1. The van der Waals surface area contributed by atoms with Crippen LogP contribution in [0.2, 0.25) is 0 Å². The zero-order valence-electron chi connectivity index (χ0n) is 9.42. The molecule has 0 radical (unpaired) electrons. The molecule has 0 saturated heterocycles. The Kier molecular flexibility index (Phi) is 3.34. The van der Waals surface area contributed by atoms with Crippen LogP contribution in [-0.2, 0) is 6.54 Å². The number of rotatable bonds is 4. The highest BCUT2D eigenvalue weighted by Gasteiger charge is 1.98. The fraction of sp³-hybridized carbons (Fsp3) is 0.182. The summed E-state index contributed by atoms with van der Waals surface area (Å²) in [5.41, 5.74) is 7.08. The molecule has 2 aromatic heterocycles. The van der Waals surface area contributed by atoms with E-state index in [9.17, 15) is 0 Å². The number of pyridine rings is 1. The molecule has 0 bridgehead atoms. The number of nitrogen functional groups attached to an aromatic ring is 1. The van der Waals surface area contributed by atoms with Crippen molar-refractivity contribution in [2.45, 2.75) is 6.54 Å². The van der Waals surface area contributed by atoms with Gasteiger partial charge in [-0.05, 0) is 11.6 Å². The molecule has 2 rings (SSSR count). The molecule has 17 heavy (non-hydrogen) atoms. The maximum absolute atomic E-state index is 5.49. The number of ether oxygens (including phenoxy) is 1. The molecule has 0 unspecified atom stereocenters. The van der Waals surface area contributed by atoms with Crippen molar-refractivity contribution in [2.24, 2.45) is 0 Å². The third-order valence-corrected chi connectivity index (χ3v) is 2.13. The molecule has 0 saturated carbocycles. The van der Waals surface area contributed by atoms with E-state index in [1.54, 1.807) is 25.7 Å². The summed E-state index contributed by atoms with van der Waals surface area (Å²) >= 11 is 0. The smallest absolute Gasteiger partial charge is 0.222 e. The van der Waals surface area contributed by atoms with Crippen LogP contribution in [0.5, 0.6) is 5.88 Å². The molecule has 0 atom stereocenters. The molecule has 88 valence electrons. The fourth-order valence-corrected chi connectivity index (χ4v) is 1.28. The fourth-order valence-electron chi connectivity index (χ4n) is 1.28. The maximum Gasteiger partial charge on any atom is 0.222 e. The molecule has 3 N–H and O–H groups in total. The number of anilines is 2. The molecule has 0 aliphatic heterocycles. The number of hydrogen-bond donors (Lipinski definition) is 2. The Morgan fingerprint density at radius 2 is 2.06 bits per heavy atom. The standard InChI is InChI=1S/C11H13N5O/c1-17-10-4-8(2-3-13-10)5-14-11-15-6-9(12)7-16-11/h2-4,6-7H,5,12H2,1H3,(H,14,15,16). The van der Waals surface area contributed by atoms with E-state index in [4.69, 9.17) is 10.5 Å². The van der Waals surface area contributed by atoms with Crippen molar-refractivity contribution in [3.8, 4) is 5.88 Å². The van der Waals surface area contributed by atoms with E-state index in [0.29, 0.717) is 24.1 Å². The SMILES string of the molecule is COc1cc(CNc2ncc(N)cn2)ccn1. The molecule has 0 aliphatic rings. The third kappa shape index (κ3) is 3.04. The van der Waals surface area contributed by atoms with Gasteiger partial charge < -0.3 is 15.8 Å². The molecule has 0 aliphatic carbocycles. The van der Waals surface area contributed by atoms with E-state index < -0.39 is 0 Å². The minimum Gasteiger partial charge on any atom is -0.481 e. The lowest BCUT2D eigenvalue weighted by Gasteiger charge is -2.05. The first-order valence-corrected chi connectivity index (χ1v) is 5.08. The van der Waals surface area contributed by atoms with Crippen LogP contribution in [0, 0.1) is 0 Å². The second-order valence-electron chi connectivity index (χ2n) is 3.40. The molecule has 6 heteroatoms. The van der Waals surface area contributed by atoms with Crippen LogP contribution in [-0.4, -0.2) is 22.1 Å². The lowest BCUT2D eigenvalue weighted by Crippen LogP contribution is -2.04. The van der Waals surface area contributed by atoms with Crippen molar-refractivity contribution in [1.82, 2.24) is 15.0 Å². The second-order valence-corrected chi connectivity index (χ2v) is 3.40. The molecular weight excluding hydrogens is 218 g/mol. The lowest BCUT2D eigenvalue weighted by atomic mass is 10.2. The van der Waals surface area contributed by atoms with Gasteiger partial charge in [-0.2, -0.15) is 0 Å². The van der Waals surface area contributed by atoms with Gasteiger partial charge in [0.15, 0.2) is 0 Å². The highest BCUT2D eigenvalue weighted by Crippen LogP contribution is 2.10. The van der Waals surface area contributed by atoms with E-state index in [1.165, 1.54) is 0 Å². The molecule has 2 aromatic rings. The van der Waals surface area contributed by atoms with Gasteiger partial charge >= 0.3 is 0 Å². The number of nitrogens with zero attached hydrogens (tertiary/aromatic N) is 3. The molecule has 6 nitrogen and oxygen atoms in total. The minimum absolute atomic E-state index is 0.537. The average molecular weight is 231 g/mol. The first-order chi connectivity index (χ1) is 8.28. The monoisotopic (exact) mass is 231 g/mol. The third-order valence-electron chi connectivity index (χ3n) is 2.13. The Hall–Kier alpha value is -2.37. The van der Waals surface area contributed by atoms with Gasteiger partial charge in [0, 0.05) is 18.8 Å². The predicted octanol–water partition coefficient (Wildman–Crippen LogP) is 1.07. The van der Waals surface area contributed by atoms with Crippen LogP contribution in [0.3, 0.4) is 0 Å². The van der Waals surface area contributed by atoms with E-state index in [-0.39, 0.29) is 0 Å². The van der Waals surface area contributed by atoms with Gasteiger partial charge in [-0.15, -0.1) is 0 Å². The summed E-state index contributed by atoms with van der Waals surface area (Å²) in [5, 5.41) is 3.08. The van der Waals surface area contributed by atoms with Crippen molar-refractivity contribution in [3.05, 3.63) is 36.3 Å². The van der Waals surface area contributed by atoms with Crippen molar-refractivity contribution >= 4 is 11.6 Å². The molecule has 2 heterocycles. The van der Waals surface area contributed by atoms with Crippen LogP contribution in [0.1, 0.15) is 5.56 Å². The normalized spacial score (nSPS) is 9.94. The topological polar surface area (TPSA) is 86.0 Å². The van der Waals surface area contributed by atoms with Crippen molar-refractivity contribution in [1.29, 1.82) is 0 Å². The van der Waals surface area contributed by atoms with Crippen LogP contribution >= 0.6 is 0 Å². The number of nitrogens with one attached hydrogen (secondary N) is 1. The van der Waals surface area contributed by atoms with Crippen LogP contribution in [0.25, 0.3) is 0 Å². The quantitative estimate of drug-likeness (QED) is 0.818. The Morgan fingerprint density at radius 3 is 2.76 bits per heavy atom. The van der Waals surface area contributed by atoms with Gasteiger partial charge in [0.1, 0.15) is 0 Å². The summed E-state index contributed by atoms with van der Waals surface area (Å²) < 4.78 is 5.04. The number of aromatic nitrogens is 3. The largest absolute Gasteiger partial charge is 0.481 e. The van der Waals surface area contributed by atoms with Crippen molar-refractivity contribution < 1.29 is 4.74 Å². The lowest BCUT2D eigenvalue weighted by molar-refractivity contribution is 0.397. The van der Waals surface area contributed by atoms with Crippen LogP contribution < -0.4 is 15.8 Å². The minimum atomic E-state index is 0.537. The molecule has 0 fully saturated rings. The van der Waals surface area contributed by atoms with Gasteiger partial charge in [0.2, 0.25) is 11.8 Å². The molecule has 0 aromatic carbocycles. The average Bonchev–Trinajstić information content (AvgIpc) is 2.38. The van der Waals surface area contributed by atoms with Gasteiger partial charge in [0.25, 0.3) is 0 Å². The number of hydrogen-bond acceptors (Lipinski definition) is 6. The van der Waals surface area contributed by atoms with E-state index in [2.05, 4.69) is 20.3 Å². The maximum atomic E-state index is 5.49. The highest BCUT2D eigenvalue weighted by atomic mass is 16.5. The molecule has 0 spiro atoms. The summed E-state index contributed by atoms with van der Waals surface area (Å²) in [6.07, 6.45) is 4.81. The van der Waals surface area contributed by atoms with E-state index in [0.717, 1.165) is 5.56 Å². The zero-order valence-corrected chi connectivity index (χ0v) is 9.42. The summed E-state index contributed by atoms with van der Waals surface area (Å²) in [7, 11) is 1.59. The van der Waals surface area contributed by atoms with E-state index in [1.807, 2.05) is 12.1 Å². The van der Waals surface area contributed by atoms with Gasteiger partial charge in [-0.25, -0.2) is 15.0 Å². The first kappa shape index (κ1) is 11.1. The Bertz CT molecular complexity index is 485. The summed E-state index contributed by atoms with van der Waals surface area (Å²) in [6.45, 7) is 0.600. The highest BCUT2D eigenvalue weighted by molar-refractivity contribution is 5.36. The number of methoxy groups -OCH3 is 1. The number of nitrogens with two attached hydrogens (primary N) is 1. The summed E-state index contributed by atoms with van der Waals surface area (Å²) in [6, 6.07) is 3.75. The van der Waals surface area contributed by atoms with E-state index >= 15 is 0 Å². The van der Waals surface area contributed by atoms with Crippen LogP contribution in [0.15, 0.2) is 30.7 Å². The van der Waals surface area contributed by atoms with Crippen LogP contribution in [0.4, 0.5) is 11.6 Å². The predicted molar refractivity (Wildman–Crippen MR) is 64.6 cm³/mol.